The van der Waals surface area contributed by atoms with Crippen LogP contribution in [0.3, 0.4) is 0 Å². The van der Waals surface area contributed by atoms with E-state index >= 15 is 0 Å². The predicted molar refractivity (Wildman–Crippen MR) is 33.7 cm³/mol. The van der Waals surface area contributed by atoms with Gasteiger partial charge in [0.05, 0.1) is 0 Å². The van der Waals surface area contributed by atoms with Gasteiger partial charge in [0.25, 0.3) is 0 Å². The van der Waals surface area contributed by atoms with E-state index in [1.165, 1.54) is 12.8 Å². The van der Waals surface area contributed by atoms with Crippen molar-refractivity contribution in [3.63, 3.8) is 0 Å². The molecule has 0 aromatic heterocycles. The normalized spacial score (nSPS) is 8.25. The smallest absolute Gasteiger partial charge is 0.662 e. The van der Waals surface area contributed by atoms with Gasteiger partial charge in [0.15, 0.2) is 0 Å². The van der Waals surface area contributed by atoms with Gasteiger partial charge in [0.1, 0.15) is 0 Å². The molecule has 0 fully saturated rings. The van der Waals surface area contributed by atoms with E-state index < -0.39 is 0 Å². The monoisotopic (exact) mass is 159 g/mol. The summed E-state index contributed by atoms with van der Waals surface area (Å²) in [5, 5.41) is 4.21. The molecule has 0 aliphatic rings. The van der Waals surface area contributed by atoms with Crippen molar-refractivity contribution in [1.29, 1.82) is 0 Å². The van der Waals surface area contributed by atoms with Crippen LogP contribution in [0.15, 0.2) is 0 Å². The van der Waals surface area contributed by atoms with Crippen LogP contribution < -0.4 is 0 Å². The van der Waals surface area contributed by atoms with E-state index in [1.54, 1.807) is 0 Å². The van der Waals surface area contributed by atoms with E-state index in [0.717, 1.165) is 13.1 Å². The van der Waals surface area contributed by atoms with Crippen molar-refractivity contribution in [3.8, 4) is 0 Å². The van der Waals surface area contributed by atoms with Crippen LogP contribution in [0.5, 0.6) is 0 Å². The molecule has 1 radical (unpaired) electrons. The fourth-order valence-electron chi connectivity index (χ4n) is 0.428. The molecule has 0 rings (SSSR count). The molecule has 1 nitrogen and oxygen atoms in total. The SMILES string of the molecule is CCC[N-]CCC.[Co+2]. The van der Waals surface area contributed by atoms with Crippen LogP contribution in [-0.2, 0) is 16.8 Å². The average molecular weight is 159 g/mol. The molecule has 0 amide bonds. The maximum atomic E-state index is 4.21. The summed E-state index contributed by atoms with van der Waals surface area (Å²) in [6.45, 7) is 6.40. The van der Waals surface area contributed by atoms with Gasteiger partial charge in [-0.1, -0.05) is 26.7 Å². The number of hydrogen-bond acceptors (Lipinski definition) is 0. The van der Waals surface area contributed by atoms with Crippen LogP contribution in [-0.4, -0.2) is 13.1 Å². The predicted octanol–water partition coefficient (Wildman–Crippen LogP) is 2.18. The molecule has 0 aromatic carbocycles. The van der Waals surface area contributed by atoms with Crippen LogP contribution in [0.4, 0.5) is 0 Å². The zero-order valence-corrected chi connectivity index (χ0v) is 6.65. The van der Waals surface area contributed by atoms with Crippen molar-refractivity contribution in [2.24, 2.45) is 0 Å². The van der Waals surface area contributed by atoms with Crippen molar-refractivity contribution in [2.45, 2.75) is 26.7 Å². The molecule has 51 valence electrons. The number of rotatable bonds is 4. The molecular formula is C6H14CoN+. The van der Waals surface area contributed by atoms with Gasteiger partial charge in [-0.05, 0) is 0 Å². The van der Waals surface area contributed by atoms with E-state index in [-0.39, 0.29) is 16.8 Å². The van der Waals surface area contributed by atoms with Crippen LogP contribution in [0.25, 0.3) is 5.32 Å². The van der Waals surface area contributed by atoms with Crippen LogP contribution in [0.2, 0.25) is 0 Å². The van der Waals surface area contributed by atoms with E-state index in [4.69, 9.17) is 0 Å². The average Bonchev–Trinajstić information content (AvgIpc) is 1.69. The van der Waals surface area contributed by atoms with Gasteiger partial charge >= 0.3 is 16.8 Å². The Morgan fingerprint density at radius 1 is 1.00 bits per heavy atom. The van der Waals surface area contributed by atoms with Crippen LogP contribution in [0, 0.1) is 0 Å². The van der Waals surface area contributed by atoms with Crippen LogP contribution in [0.1, 0.15) is 26.7 Å². The molecule has 0 aliphatic carbocycles. The third-order valence-electron chi connectivity index (χ3n) is 0.763. The summed E-state index contributed by atoms with van der Waals surface area (Å²) in [7, 11) is 0. The van der Waals surface area contributed by atoms with Crippen molar-refractivity contribution in [1.82, 2.24) is 0 Å². The standard InChI is InChI=1S/C6H14N.Co/c1-3-5-7-6-4-2;/h3-6H2,1-2H3;/q-1;+2. The Kier molecular flexibility index (Phi) is 14.7. The first-order valence-electron chi connectivity index (χ1n) is 3.05. The van der Waals surface area contributed by atoms with Gasteiger partial charge in [-0.25, -0.2) is 0 Å². The molecule has 0 saturated heterocycles. The molecular weight excluding hydrogens is 145 g/mol. The van der Waals surface area contributed by atoms with Gasteiger partial charge in [-0.2, -0.15) is 0 Å². The molecule has 0 saturated carbocycles. The number of nitrogens with zero attached hydrogens (tertiary/aromatic N) is 1. The van der Waals surface area contributed by atoms with Crippen molar-refractivity contribution in [2.75, 3.05) is 13.1 Å². The molecule has 0 N–H and O–H groups in total. The molecule has 0 heterocycles. The molecule has 0 atom stereocenters. The fraction of sp³-hybridized carbons (Fsp3) is 1.00. The molecule has 0 bridgehead atoms. The maximum Gasteiger partial charge on any atom is 2.00 e. The minimum Gasteiger partial charge on any atom is -0.662 e. The Hall–Kier alpha value is 0.466. The first kappa shape index (κ1) is 11.3. The number of hydrogen-bond donors (Lipinski definition) is 0. The first-order chi connectivity index (χ1) is 3.41. The Balaban J connectivity index is 0. The Labute approximate surface area is 62.4 Å². The van der Waals surface area contributed by atoms with Gasteiger partial charge < -0.3 is 5.32 Å². The van der Waals surface area contributed by atoms with Gasteiger partial charge in [-0.15, -0.1) is 13.1 Å². The van der Waals surface area contributed by atoms with E-state index in [2.05, 4.69) is 19.2 Å². The third-order valence-corrected chi connectivity index (χ3v) is 0.763. The Bertz CT molecular complexity index is 27.7. The second kappa shape index (κ2) is 10.4. The molecule has 8 heavy (non-hydrogen) atoms. The quantitative estimate of drug-likeness (QED) is 0.558. The van der Waals surface area contributed by atoms with Gasteiger partial charge in [0.2, 0.25) is 0 Å². The molecule has 0 aliphatic heterocycles. The Morgan fingerprint density at radius 3 is 1.62 bits per heavy atom. The summed E-state index contributed by atoms with van der Waals surface area (Å²) >= 11 is 0. The molecule has 0 spiro atoms. The largest absolute Gasteiger partial charge is 2.00 e. The molecule has 0 unspecified atom stereocenters. The minimum absolute atomic E-state index is 0. The first-order valence-corrected chi connectivity index (χ1v) is 3.05. The van der Waals surface area contributed by atoms with Crippen molar-refractivity contribution >= 4 is 0 Å². The zero-order valence-electron chi connectivity index (χ0n) is 5.61. The van der Waals surface area contributed by atoms with Gasteiger partial charge in [-0.3, -0.25) is 0 Å². The Morgan fingerprint density at radius 2 is 1.38 bits per heavy atom. The summed E-state index contributed by atoms with van der Waals surface area (Å²) < 4.78 is 0. The summed E-state index contributed by atoms with van der Waals surface area (Å²) in [5.74, 6) is 0. The van der Waals surface area contributed by atoms with Gasteiger partial charge in [0, 0.05) is 0 Å². The van der Waals surface area contributed by atoms with Crippen molar-refractivity contribution in [3.05, 3.63) is 5.32 Å². The minimum atomic E-state index is 0. The zero-order chi connectivity index (χ0) is 5.54. The van der Waals surface area contributed by atoms with Crippen LogP contribution >= 0.6 is 0 Å². The van der Waals surface area contributed by atoms with E-state index in [0.29, 0.717) is 0 Å². The summed E-state index contributed by atoms with van der Waals surface area (Å²) in [5.41, 5.74) is 0. The third kappa shape index (κ3) is 9.69. The summed E-state index contributed by atoms with van der Waals surface area (Å²) in [6.07, 6.45) is 2.39. The second-order valence-electron chi connectivity index (χ2n) is 1.67. The van der Waals surface area contributed by atoms with E-state index in [9.17, 15) is 0 Å². The fourth-order valence-corrected chi connectivity index (χ4v) is 0.428. The second-order valence-corrected chi connectivity index (χ2v) is 1.67. The molecule has 0 aromatic rings. The maximum absolute atomic E-state index is 4.21. The molecule has 2 heteroatoms. The topological polar surface area (TPSA) is 14.1 Å². The summed E-state index contributed by atoms with van der Waals surface area (Å²) in [6, 6.07) is 0. The van der Waals surface area contributed by atoms with E-state index in [1.807, 2.05) is 0 Å². The summed E-state index contributed by atoms with van der Waals surface area (Å²) in [4.78, 5) is 0. The van der Waals surface area contributed by atoms with Crippen molar-refractivity contribution < 1.29 is 16.8 Å².